The standard InChI is InChI=1S/C20H27ClO2/c1-20-10-8-14-13-5-7-18(23)19(21)16(13)4-3-15(14)17(20)6-2-12(20)9-11-22/h9,13-15,17,22H,2-8,10-11H2,1H3/b12-9+/t13?,14?,15?,17?,20-/m1/s1. The molecule has 0 amide bonds. The van der Waals surface area contributed by atoms with E-state index < -0.39 is 0 Å². The van der Waals surface area contributed by atoms with E-state index in [0.717, 1.165) is 37.0 Å². The Balaban J connectivity index is 1.64. The second-order valence-corrected chi connectivity index (χ2v) is 8.67. The average molecular weight is 335 g/mol. The summed E-state index contributed by atoms with van der Waals surface area (Å²) in [7, 11) is 0. The molecule has 0 aliphatic heterocycles. The third kappa shape index (κ3) is 2.28. The number of hydrogen-bond acceptors (Lipinski definition) is 2. The van der Waals surface area contributed by atoms with E-state index in [2.05, 4.69) is 13.0 Å². The molecule has 0 spiro atoms. The van der Waals surface area contributed by atoms with Crippen LogP contribution >= 0.6 is 11.6 Å². The van der Waals surface area contributed by atoms with Crippen molar-refractivity contribution in [2.75, 3.05) is 6.61 Å². The van der Waals surface area contributed by atoms with Gasteiger partial charge >= 0.3 is 0 Å². The van der Waals surface area contributed by atoms with Crippen LogP contribution in [0.1, 0.15) is 58.3 Å². The van der Waals surface area contributed by atoms with Crippen molar-refractivity contribution in [3.05, 3.63) is 22.3 Å². The van der Waals surface area contributed by atoms with Crippen molar-refractivity contribution in [2.45, 2.75) is 58.3 Å². The van der Waals surface area contributed by atoms with E-state index in [0.29, 0.717) is 22.8 Å². The van der Waals surface area contributed by atoms with Gasteiger partial charge in [-0.2, -0.15) is 0 Å². The van der Waals surface area contributed by atoms with Gasteiger partial charge in [0.1, 0.15) is 0 Å². The van der Waals surface area contributed by atoms with Crippen molar-refractivity contribution < 1.29 is 9.90 Å². The van der Waals surface area contributed by atoms with Crippen molar-refractivity contribution in [1.29, 1.82) is 0 Å². The van der Waals surface area contributed by atoms with Crippen molar-refractivity contribution in [2.24, 2.45) is 29.1 Å². The first kappa shape index (κ1) is 15.9. The Kier molecular flexibility index (Phi) is 3.97. The number of carbonyl (C=O) groups excluding carboxylic acids is 1. The number of halogens is 1. The number of ketones is 1. The maximum atomic E-state index is 11.9. The Morgan fingerprint density at radius 3 is 2.78 bits per heavy atom. The molecule has 0 aromatic heterocycles. The van der Waals surface area contributed by atoms with E-state index in [-0.39, 0.29) is 12.4 Å². The maximum absolute atomic E-state index is 11.9. The third-order valence-electron chi connectivity index (χ3n) is 7.60. The molecule has 2 nitrogen and oxygen atoms in total. The fourth-order valence-electron chi connectivity index (χ4n) is 6.53. The molecule has 1 N–H and O–H groups in total. The van der Waals surface area contributed by atoms with Crippen LogP contribution in [-0.2, 0) is 4.79 Å². The Morgan fingerprint density at radius 2 is 2.00 bits per heavy atom. The fraction of sp³-hybridized carbons (Fsp3) is 0.750. The Labute approximate surface area is 144 Å². The zero-order valence-corrected chi connectivity index (χ0v) is 14.7. The summed E-state index contributed by atoms with van der Waals surface area (Å²) in [6, 6.07) is 0. The molecule has 3 heteroatoms. The van der Waals surface area contributed by atoms with Gasteiger partial charge in [0.05, 0.1) is 11.6 Å². The summed E-state index contributed by atoms with van der Waals surface area (Å²) in [5.41, 5.74) is 3.10. The maximum Gasteiger partial charge on any atom is 0.174 e. The molecule has 4 unspecified atom stereocenters. The quantitative estimate of drug-likeness (QED) is 0.711. The first-order chi connectivity index (χ1) is 11.1. The largest absolute Gasteiger partial charge is 0.392 e. The van der Waals surface area contributed by atoms with Gasteiger partial charge in [-0.3, -0.25) is 4.79 Å². The number of aliphatic hydroxyl groups is 1. The van der Waals surface area contributed by atoms with E-state index in [1.807, 2.05) is 0 Å². The van der Waals surface area contributed by atoms with E-state index in [1.54, 1.807) is 0 Å². The minimum absolute atomic E-state index is 0.172. The van der Waals surface area contributed by atoms with Crippen LogP contribution in [0.4, 0.5) is 0 Å². The summed E-state index contributed by atoms with van der Waals surface area (Å²) < 4.78 is 0. The van der Waals surface area contributed by atoms with Crippen LogP contribution in [0, 0.1) is 29.1 Å². The number of carbonyl (C=O) groups is 1. The van der Waals surface area contributed by atoms with E-state index in [1.165, 1.54) is 36.8 Å². The average Bonchev–Trinajstić information content (AvgIpc) is 2.88. The Morgan fingerprint density at radius 1 is 1.17 bits per heavy atom. The molecule has 4 aliphatic carbocycles. The van der Waals surface area contributed by atoms with E-state index in [9.17, 15) is 9.90 Å². The molecule has 4 rings (SSSR count). The van der Waals surface area contributed by atoms with Gasteiger partial charge in [-0.15, -0.1) is 0 Å². The predicted octanol–water partition coefficient (Wildman–Crippen LogP) is 4.61. The number of Topliss-reactive ketones (excluding diaryl/α,β-unsaturated/α-hetero) is 1. The zero-order valence-electron chi connectivity index (χ0n) is 14.0. The van der Waals surface area contributed by atoms with E-state index >= 15 is 0 Å². The number of hydrogen-bond donors (Lipinski definition) is 1. The van der Waals surface area contributed by atoms with Crippen LogP contribution in [0.2, 0.25) is 0 Å². The normalized spacial score (nSPS) is 45.0. The van der Waals surface area contributed by atoms with Crippen LogP contribution in [0.3, 0.4) is 0 Å². The van der Waals surface area contributed by atoms with Crippen LogP contribution in [-0.4, -0.2) is 17.5 Å². The van der Waals surface area contributed by atoms with E-state index in [4.69, 9.17) is 11.6 Å². The van der Waals surface area contributed by atoms with Crippen molar-refractivity contribution in [1.82, 2.24) is 0 Å². The first-order valence-corrected chi connectivity index (χ1v) is 9.66. The molecule has 0 heterocycles. The second-order valence-electron chi connectivity index (χ2n) is 8.29. The first-order valence-electron chi connectivity index (χ1n) is 9.28. The van der Waals surface area contributed by atoms with Gasteiger partial charge in [-0.25, -0.2) is 0 Å². The fourth-order valence-corrected chi connectivity index (χ4v) is 6.86. The summed E-state index contributed by atoms with van der Waals surface area (Å²) in [6.45, 7) is 2.62. The number of allylic oxidation sites excluding steroid dienone is 2. The molecule has 0 aromatic rings. The lowest BCUT2D eigenvalue weighted by molar-refractivity contribution is -0.116. The highest BCUT2D eigenvalue weighted by atomic mass is 35.5. The SMILES string of the molecule is C[C@]12CCC3C4CCC(=O)C(Cl)=C4CCC3C1CC/C2=C\CO. The summed E-state index contributed by atoms with van der Waals surface area (Å²) >= 11 is 6.37. The number of aliphatic hydroxyl groups excluding tert-OH is 1. The third-order valence-corrected chi connectivity index (χ3v) is 8.05. The monoisotopic (exact) mass is 334 g/mol. The van der Waals surface area contributed by atoms with Gasteiger partial charge in [0.25, 0.3) is 0 Å². The molecule has 4 aliphatic rings. The number of rotatable bonds is 1. The topological polar surface area (TPSA) is 37.3 Å². The highest BCUT2D eigenvalue weighted by Gasteiger charge is 2.54. The van der Waals surface area contributed by atoms with Gasteiger partial charge in [-0.05, 0) is 79.6 Å². The molecular formula is C20H27ClO2. The lowest BCUT2D eigenvalue weighted by Gasteiger charge is -2.53. The zero-order chi connectivity index (χ0) is 16.2. The molecule has 3 saturated carbocycles. The summed E-state index contributed by atoms with van der Waals surface area (Å²) in [5.74, 6) is 3.01. The van der Waals surface area contributed by atoms with Gasteiger partial charge in [0, 0.05) is 6.42 Å². The second kappa shape index (κ2) is 5.74. The molecular weight excluding hydrogens is 308 g/mol. The van der Waals surface area contributed by atoms with Gasteiger partial charge in [0.2, 0.25) is 0 Å². The van der Waals surface area contributed by atoms with Crippen LogP contribution in [0.5, 0.6) is 0 Å². The van der Waals surface area contributed by atoms with Gasteiger partial charge in [-0.1, -0.05) is 30.2 Å². The summed E-state index contributed by atoms with van der Waals surface area (Å²) in [6.07, 6.45) is 10.9. The molecule has 126 valence electrons. The van der Waals surface area contributed by atoms with Gasteiger partial charge in [0.15, 0.2) is 5.78 Å². The van der Waals surface area contributed by atoms with Crippen molar-refractivity contribution in [3.63, 3.8) is 0 Å². The highest BCUT2D eigenvalue weighted by molar-refractivity contribution is 6.43. The summed E-state index contributed by atoms with van der Waals surface area (Å²) in [4.78, 5) is 11.9. The number of fused-ring (bicyclic) bond motifs is 5. The molecule has 0 saturated heterocycles. The lowest BCUT2D eigenvalue weighted by atomic mass is 9.52. The Hall–Kier alpha value is -0.600. The highest BCUT2D eigenvalue weighted by Crippen LogP contribution is 2.63. The van der Waals surface area contributed by atoms with Crippen molar-refractivity contribution in [3.8, 4) is 0 Å². The summed E-state index contributed by atoms with van der Waals surface area (Å²) in [5, 5.41) is 9.93. The molecule has 0 aromatic carbocycles. The minimum atomic E-state index is 0.172. The minimum Gasteiger partial charge on any atom is -0.392 e. The van der Waals surface area contributed by atoms with Crippen LogP contribution in [0.15, 0.2) is 22.3 Å². The molecule has 0 radical (unpaired) electrons. The van der Waals surface area contributed by atoms with Crippen LogP contribution in [0.25, 0.3) is 0 Å². The Bertz CT molecular complexity index is 590. The predicted molar refractivity (Wildman–Crippen MR) is 92.1 cm³/mol. The molecule has 0 bridgehead atoms. The van der Waals surface area contributed by atoms with Crippen LogP contribution < -0.4 is 0 Å². The van der Waals surface area contributed by atoms with Crippen molar-refractivity contribution >= 4 is 17.4 Å². The molecule has 5 atom stereocenters. The van der Waals surface area contributed by atoms with Gasteiger partial charge < -0.3 is 5.11 Å². The molecule has 3 fully saturated rings. The molecule has 23 heavy (non-hydrogen) atoms. The lowest BCUT2D eigenvalue weighted by Crippen LogP contribution is -2.45. The smallest absolute Gasteiger partial charge is 0.174 e.